The molecule has 7 nitrogen and oxygen atoms in total. The summed E-state index contributed by atoms with van der Waals surface area (Å²) in [4.78, 5) is 3.78. The highest BCUT2D eigenvalue weighted by molar-refractivity contribution is 5.14. The number of rotatable bonds is 4. The van der Waals surface area contributed by atoms with Gasteiger partial charge in [-0.05, 0) is 0 Å². The summed E-state index contributed by atoms with van der Waals surface area (Å²) in [5.74, 6) is 0.00758. The fourth-order valence-electron chi connectivity index (χ4n) is 0.923. The molecule has 1 aromatic heterocycles. The first-order valence-corrected chi connectivity index (χ1v) is 4.04. The van der Waals surface area contributed by atoms with Gasteiger partial charge in [-0.1, -0.05) is 0 Å². The molecule has 78 valence electrons. The standard InChI is InChI=1S/C7H12N4O3/c8-7-10-4(2-9-11-7)1-5(13)6(14)3-12/h2,5-6,12-14H,1,3H2,(H2,8,10,11). The normalized spacial score (nSPS) is 15.1. The molecular formula is C7H12N4O3. The summed E-state index contributed by atoms with van der Waals surface area (Å²) in [6.45, 7) is -0.505. The number of aliphatic hydroxyl groups excluding tert-OH is 3. The van der Waals surface area contributed by atoms with Gasteiger partial charge in [0.1, 0.15) is 6.10 Å². The average Bonchev–Trinajstić information content (AvgIpc) is 2.16. The van der Waals surface area contributed by atoms with E-state index in [0.717, 1.165) is 0 Å². The maximum absolute atomic E-state index is 9.32. The molecule has 1 rings (SSSR count). The first-order chi connectivity index (χ1) is 6.63. The Kier molecular flexibility index (Phi) is 3.69. The van der Waals surface area contributed by atoms with Crippen molar-refractivity contribution >= 4 is 5.95 Å². The van der Waals surface area contributed by atoms with Crippen LogP contribution in [0.3, 0.4) is 0 Å². The predicted molar refractivity (Wildman–Crippen MR) is 47.0 cm³/mol. The Labute approximate surface area is 80.2 Å². The number of anilines is 1. The van der Waals surface area contributed by atoms with E-state index in [-0.39, 0.29) is 12.4 Å². The first kappa shape index (κ1) is 10.8. The Morgan fingerprint density at radius 3 is 2.64 bits per heavy atom. The van der Waals surface area contributed by atoms with Crippen LogP contribution >= 0.6 is 0 Å². The van der Waals surface area contributed by atoms with Gasteiger partial charge < -0.3 is 21.1 Å². The van der Waals surface area contributed by atoms with Crippen LogP contribution in [0.2, 0.25) is 0 Å². The fraction of sp³-hybridized carbons (Fsp3) is 0.571. The van der Waals surface area contributed by atoms with Crippen LogP contribution in [0.15, 0.2) is 6.20 Å². The van der Waals surface area contributed by atoms with Crippen molar-refractivity contribution in [3.8, 4) is 0 Å². The van der Waals surface area contributed by atoms with Gasteiger partial charge in [0.2, 0.25) is 5.95 Å². The van der Waals surface area contributed by atoms with E-state index in [9.17, 15) is 5.11 Å². The molecule has 1 aromatic rings. The molecule has 0 fully saturated rings. The third-order valence-electron chi connectivity index (χ3n) is 1.67. The maximum Gasteiger partial charge on any atom is 0.240 e. The SMILES string of the molecule is Nc1nncc(CC(O)C(O)CO)n1. The topological polar surface area (TPSA) is 125 Å². The minimum Gasteiger partial charge on any atom is -0.394 e. The second kappa shape index (κ2) is 4.80. The average molecular weight is 200 g/mol. The lowest BCUT2D eigenvalue weighted by atomic mass is 10.1. The molecule has 5 N–H and O–H groups in total. The number of nitrogen functional groups attached to an aromatic ring is 1. The van der Waals surface area contributed by atoms with Gasteiger partial charge in [0, 0.05) is 6.42 Å². The summed E-state index contributed by atoms with van der Waals surface area (Å²) < 4.78 is 0. The van der Waals surface area contributed by atoms with Crippen LogP contribution in [0.25, 0.3) is 0 Å². The minimum absolute atomic E-state index is 0.00758. The highest BCUT2D eigenvalue weighted by Crippen LogP contribution is 2.02. The van der Waals surface area contributed by atoms with Crippen LogP contribution in [-0.4, -0.2) is 49.3 Å². The van der Waals surface area contributed by atoms with Gasteiger partial charge in [-0.15, -0.1) is 5.10 Å². The molecule has 2 atom stereocenters. The van der Waals surface area contributed by atoms with Crippen molar-refractivity contribution in [2.45, 2.75) is 18.6 Å². The molecule has 0 aliphatic heterocycles. The second-order valence-corrected chi connectivity index (χ2v) is 2.83. The van der Waals surface area contributed by atoms with Crippen LogP contribution in [-0.2, 0) is 6.42 Å². The van der Waals surface area contributed by atoms with E-state index in [4.69, 9.17) is 15.9 Å². The lowest BCUT2D eigenvalue weighted by molar-refractivity contribution is -0.0137. The molecule has 2 unspecified atom stereocenters. The van der Waals surface area contributed by atoms with Crippen molar-refractivity contribution in [3.05, 3.63) is 11.9 Å². The molecule has 0 amide bonds. The van der Waals surface area contributed by atoms with Crippen molar-refractivity contribution < 1.29 is 15.3 Å². The lowest BCUT2D eigenvalue weighted by Crippen LogP contribution is -2.31. The van der Waals surface area contributed by atoms with Crippen molar-refractivity contribution in [1.29, 1.82) is 0 Å². The van der Waals surface area contributed by atoms with Crippen molar-refractivity contribution in [2.75, 3.05) is 12.3 Å². The molecule has 0 bridgehead atoms. The van der Waals surface area contributed by atoms with Gasteiger partial charge in [-0.3, -0.25) is 0 Å². The lowest BCUT2D eigenvalue weighted by Gasteiger charge is -2.14. The smallest absolute Gasteiger partial charge is 0.240 e. The summed E-state index contributed by atoms with van der Waals surface area (Å²) in [6, 6.07) is 0. The van der Waals surface area contributed by atoms with Crippen LogP contribution in [0.4, 0.5) is 5.95 Å². The fourth-order valence-corrected chi connectivity index (χ4v) is 0.923. The summed E-state index contributed by atoms with van der Waals surface area (Å²) in [7, 11) is 0. The van der Waals surface area contributed by atoms with Crippen LogP contribution in [0.5, 0.6) is 0 Å². The highest BCUT2D eigenvalue weighted by atomic mass is 16.4. The van der Waals surface area contributed by atoms with E-state index >= 15 is 0 Å². The Hall–Kier alpha value is -1.31. The van der Waals surface area contributed by atoms with Gasteiger partial charge in [0.25, 0.3) is 0 Å². The zero-order chi connectivity index (χ0) is 10.6. The molecule has 0 radical (unpaired) electrons. The Balaban J connectivity index is 2.60. The number of nitrogens with zero attached hydrogens (tertiary/aromatic N) is 3. The van der Waals surface area contributed by atoms with Crippen molar-refractivity contribution in [2.24, 2.45) is 0 Å². The molecule has 0 saturated carbocycles. The van der Waals surface area contributed by atoms with E-state index in [1.54, 1.807) is 0 Å². The molecule has 0 spiro atoms. The van der Waals surface area contributed by atoms with Crippen LogP contribution in [0.1, 0.15) is 5.69 Å². The van der Waals surface area contributed by atoms with Gasteiger partial charge in [0.05, 0.1) is 24.6 Å². The van der Waals surface area contributed by atoms with Gasteiger partial charge >= 0.3 is 0 Å². The van der Waals surface area contributed by atoms with Crippen LogP contribution < -0.4 is 5.73 Å². The molecular weight excluding hydrogens is 188 g/mol. The zero-order valence-electron chi connectivity index (χ0n) is 7.41. The highest BCUT2D eigenvalue weighted by Gasteiger charge is 2.16. The van der Waals surface area contributed by atoms with Gasteiger partial charge in [0.15, 0.2) is 0 Å². The molecule has 0 saturated heterocycles. The number of hydrogen-bond acceptors (Lipinski definition) is 7. The Bertz CT molecular complexity index is 296. The van der Waals surface area contributed by atoms with Gasteiger partial charge in [-0.25, -0.2) is 4.98 Å². The molecule has 1 heterocycles. The number of aliphatic hydroxyl groups is 3. The monoisotopic (exact) mass is 200 g/mol. The van der Waals surface area contributed by atoms with Crippen LogP contribution in [0, 0.1) is 0 Å². The minimum atomic E-state index is -1.19. The number of hydrogen-bond donors (Lipinski definition) is 4. The summed E-state index contributed by atoms with van der Waals surface area (Å²) >= 11 is 0. The summed E-state index contributed by atoms with van der Waals surface area (Å²) in [5.41, 5.74) is 5.68. The molecule has 0 aromatic carbocycles. The molecule has 14 heavy (non-hydrogen) atoms. The van der Waals surface area contributed by atoms with E-state index in [2.05, 4.69) is 15.2 Å². The number of aromatic nitrogens is 3. The summed E-state index contributed by atoms with van der Waals surface area (Å²) in [6.07, 6.45) is -0.868. The van der Waals surface area contributed by atoms with E-state index in [1.807, 2.05) is 0 Å². The van der Waals surface area contributed by atoms with E-state index < -0.39 is 18.8 Å². The third kappa shape index (κ3) is 2.87. The largest absolute Gasteiger partial charge is 0.394 e. The Morgan fingerprint density at radius 1 is 1.36 bits per heavy atom. The first-order valence-electron chi connectivity index (χ1n) is 4.04. The van der Waals surface area contributed by atoms with E-state index in [1.165, 1.54) is 6.20 Å². The second-order valence-electron chi connectivity index (χ2n) is 2.83. The number of nitrogens with two attached hydrogens (primary N) is 1. The molecule has 7 heteroatoms. The maximum atomic E-state index is 9.32. The predicted octanol–water partition coefficient (Wildman–Crippen LogP) is -2.29. The summed E-state index contributed by atoms with van der Waals surface area (Å²) in [5, 5.41) is 33.9. The quantitative estimate of drug-likeness (QED) is 0.431. The van der Waals surface area contributed by atoms with Crippen molar-refractivity contribution in [3.63, 3.8) is 0 Å². The molecule has 0 aliphatic carbocycles. The molecule has 0 aliphatic rings. The third-order valence-corrected chi connectivity index (χ3v) is 1.67. The Morgan fingerprint density at radius 2 is 2.07 bits per heavy atom. The van der Waals surface area contributed by atoms with E-state index in [0.29, 0.717) is 5.69 Å². The van der Waals surface area contributed by atoms with Crippen molar-refractivity contribution in [1.82, 2.24) is 15.2 Å². The van der Waals surface area contributed by atoms with Gasteiger partial charge in [-0.2, -0.15) is 5.10 Å². The zero-order valence-corrected chi connectivity index (χ0v) is 7.41.